The lowest BCUT2D eigenvalue weighted by molar-refractivity contribution is 0.121. The van der Waals surface area contributed by atoms with Crippen LogP contribution in [0.4, 0.5) is 0 Å². The fraction of sp³-hybridized carbons (Fsp3) is 0.500. The Kier molecular flexibility index (Phi) is 4.75. The third-order valence-electron chi connectivity index (χ3n) is 2.51. The van der Waals surface area contributed by atoms with Crippen LogP contribution < -0.4 is 5.73 Å². The standard InChI is InChI=1S/C12H19NO2/c1-9(7-13)12(14)11-5-3-4-10(6-11)8-15-2/h3-6,9,12,14H,7-8,13H2,1-2H3. The number of rotatable bonds is 5. The summed E-state index contributed by atoms with van der Waals surface area (Å²) in [6.07, 6.45) is -0.494. The molecule has 84 valence electrons. The summed E-state index contributed by atoms with van der Waals surface area (Å²) in [4.78, 5) is 0. The van der Waals surface area contributed by atoms with Gasteiger partial charge in [0, 0.05) is 7.11 Å². The Labute approximate surface area is 90.9 Å². The fourth-order valence-corrected chi connectivity index (χ4v) is 1.49. The molecule has 1 aromatic carbocycles. The van der Waals surface area contributed by atoms with Crippen molar-refractivity contribution in [3.05, 3.63) is 35.4 Å². The Morgan fingerprint density at radius 1 is 1.47 bits per heavy atom. The van der Waals surface area contributed by atoms with Crippen LogP contribution in [-0.2, 0) is 11.3 Å². The minimum absolute atomic E-state index is 0.0720. The van der Waals surface area contributed by atoms with Gasteiger partial charge in [0.25, 0.3) is 0 Å². The molecular weight excluding hydrogens is 190 g/mol. The summed E-state index contributed by atoms with van der Waals surface area (Å²) in [5.41, 5.74) is 7.50. The predicted molar refractivity (Wildman–Crippen MR) is 60.3 cm³/mol. The first-order chi connectivity index (χ1) is 7.19. The second kappa shape index (κ2) is 5.85. The van der Waals surface area contributed by atoms with Crippen LogP contribution >= 0.6 is 0 Å². The van der Waals surface area contributed by atoms with Crippen molar-refractivity contribution < 1.29 is 9.84 Å². The lowest BCUT2D eigenvalue weighted by atomic mass is 9.96. The molecule has 3 N–H and O–H groups in total. The number of ether oxygens (including phenoxy) is 1. The summed E-state index contributed by atoms with van der Waals surface area (Å²) in [5, 5.41) is 9.96. The first kappa shape index (κ1) is 12.2. The molecule has 0 aliphatic rings. The molecule has 0 aromatic heterocycles. The van der Waals surface area contributed by atoms with E-state index in [0.29, 0.717) is 13.2 Å². The van der Waals surface area contributed by atoms with Crippen LogP contribution in [0.25, 0.3) is 0 Å². The number of aliphatic hydroxyl groups is 1. The van der Waals surface area contributed by atoms with Gasteiger partial charge in [-0.15, -0.1) is 0 Å². The fourth-order valence-electron chi connectivity index (χ4n) is 1.49. The van der Waals surface area contributed by atoms with Gasteiger partial charge in [0.15, 0.2) is 0 Å². The molecule has 0 saturated carbocycles. The van der Waals surface area contributed by atoms with E-state index in [2.05, 4.69) is 0 Å². The van der Waals surface area contributed by atoms with Crippen LogP contribution in [-0.4, -0.2) is 18.8 Å². The second-order valence-electron chi connectivity index (χ2n) is 3.84. The number of methoxy groups -OCH3 is 1. The van der Waals surface area contributed by atoms with Gasteiger partial charge < -0.3 is 15.6 Å². The Morgan fingerprint density at radius 3 is 2.80 bits per heavy atom. The van der Waals surface area contributed by atoms with Gasteiger partial charge in [-0.05, 0) is 23.6 Å². The van der Waals surface area contributed by atoms with Crippen molar-refractivity contribution in [3.63, 3.8) is 0 Å². The minimum Gasteiger partial charge on any atom is -0.388 e. The van der Waals surface area contributed by atoms with E-state index in [0.717, 1.165) is 11.1 Å². The van der Waals surface area contributed by atoms with E-state index in [1.807, 2.05) is 31.2 Å². The largest absolute Gasteiger partial charge is 0.388 e. The van der Waals surface area contributed by atoms with Crippen LogP contribution in [0.15, 0.2) is 24.3 Å². The maximum atomic E-state index is 9.96. The number of aliphatic hydroxyl groups excluding tert-OH is 1. The van der Waals surface area contributed by atoms with Gasteiger partial charge in [0.05, 0.1) is 12.7 Å². The third kappa shape index (κ3) is 3.30. The normalized spacial score (nSPS) is 14.9. The summed E-state index contributed by atoms with van der Waals surface area (Å²) < 4.78 is 5.04. The topological polar surface area (TPSA) is 55.5 Å². The predicted octanol–water partition coefficient (Wildman–Crippen LogP) is 1.46. The zero-order valence-electron chi connectivity index (χ0n) is 9.31. The third-order valence-corrected chi connectivity index (χ3v) is 2.51. The lowest BCUT2D eigenvalue weighted by Crippen LogP contribution is -2.18. The second-order valence-corrected chi connectivity index (χ2v) is 3.84. The van der Waals surface area contributed by atoms with E-state index < -0.39 is 6.10 Å². The molecule has 0 amide bonds. The van der Waals surface area contributed by atoms with Gasteiger partial charge in [0.1, 0.15) is 0 Å². The van der Waals surface area contributed by atoms with Crippen molar-refractivity contribution in [2.75, 3.05) is 13.7 Å². The van der Waals surface area contributed by atoms with Crippen molar-refractivity contribution >= 4 is 0 Å². The summed E-state index contributed by atoms with van der Waals surface area (Å²) in [6, 6.07) is 7.78. The molecule has 2 unspecified atom stereocenters. The Bertz CT molecular complexity index is 301. The maximum Gasteiger partial charge on any atom is 0.0827 e. The van der Waals surface area contributed by atoms with Gasteiger partial charge in [-0.3, -0.25) is 0 Å². The van der Waals surface area contributed by atoms with Gasteiger partial charge in [-0.1, -0.05) is 31.2 Å². The van der Waals surface area contributed by atoms with Crippen LogP contribution in [0, 0.1) is 5.92 Å². The molecule has 0 heterocycles. The molecule has 0 saturated heterocycles. The van der Waals surface area contributed by atoms with Crippen LogP contribution in [0.3, 0.4) is 0 Å². The highest BCUT2D eigenvalue weighted by Crippen LogP contribution is 2.21. The summed E-state index contributed by atoms with van der Waals surface area (Å²) in [6.45, 7) is 2.99. The quantitative estimate of drug-likeness (QED) is 0.772. The molecule has 3 nitrogen and oxygen atoms in total. The first-order valence-electron chi connectivity index (χ1n) is 5.15. The van der Waals surface area contributed by atoms with Crippen molar-refractivity contribution in [1.29, 1.82) is 0 Å². The zero-order valence-corrected chi connectivity index (χ0v) is 9.31. The van der Waals surface area contributed by atoms with Gasteiger partial charge in [0.2, 0.25) is 0 Å². The molecular formula is C12H19NO2. The molecule has 0 spiro atoms. The highest BCUT2D eigenvalue weighted by molar-refractivity contribution is 5.25. The average molecular weight is 209 g/mol. The number of hydrogen-bond donors (Lipinski definition) is 2. The molecule has 2 atom stereocenters. The van der Waals surface area contributed by atoms with Gasteiger partial charge in [-0.2, -0.15) is 0 Å². The molecule has 1 aromatic rings. The highest BCUT2D eigenvalue weighted by Gasteiger charge is 2.14. The van der Waals surface area contributed by atoms with Crippen molar-refractivity contribution in [2.45, 2.75) is 19.6 Å². The van der Waals surface area contributed by atoms with E-state index >= 15 is 0 Å². The summed E-state index contributed by atoms with van der Waals surface area (Å²) >= 11 is 0. The van der Waals surface area contributed by atoms with Crippen molar-refractivity contribution in [1.82, 2.24) is 0 Å². The van der Waals surface area contributed by atoms with E-state index in [4.69, 9.17) is 10.5 Å². The van der Waals surface area contributed by atoms with E-state index in [-0.39, 0.29) is 5.92 Å². The number of benzene rings is 1. The van der Waals surface area contributed by atoms with Crippen LogP contribution in [0.5, 0.6) is 0 Å². The summed E-state index contributed by atoms with van der Waals surface area (Å²) in [5.74, 6) is 0.0720. The molecule has 0 radical (unpaired) electrons. The average Bonchev–Trinajstić information content (AvgIpc) is 2.28. The summed E-state index contributed by atoms with van der Waals surface area (Å²) in [7, 11) is 1.66. The SMILES string of the molecule is COCc1cccc(C(O)C(C)CN)c1. The molecule has 0 aliphatic carbocycles. The molecule has 0 aliphatic heterocycles. The molecule has 15 heavy (non-hydrogen) atoms. The monoisotopic (exact) mass is 209 g/mol. The lowest BCUT2D eigenvalue weighted by Gasteiger charge is -2.17. The van der Waals surface area contributed by atoms with Crippen LogP contribution in [0.2, 0.25) is 0 Å². The molecule has 3 heteroatoms. The van der Waals surface area contributed by atoms with Crippen molar-refractivity contribution in [3.8, 4) is 0 Å². The number of nitrogens with two attached hydrogens (primary N) is 1. The van der Waals surface area contributed by atoms with E-state index in [1.165, 1.54) is 0 Å². The van der Waals surface area contributed by atoms with Gasteiger partial charge in [-0.25, -0.2) is 0 Å². The Balaban J connectivity index is 2.80. The Morgan fingerprint density at radius 2 is 2.20 bits per heavy atom. The van der Waals surface area contributed by atoms with Gasteiger partial charge >= 0.3 is 0 Å². The highest BCUT2D eigenvalue weighted by atomic mass is 16.5. The molecule has 1 rings (SSSR count). The van der Waals surface area contributed by atoms with Crippen LogP contribution in [0.1, 0.15) is 24.2 Å². The van der Waals surface area contributed by atoms with Crippen molar-refractivity contribution in [2.24, 2.45) is 11.7 Å². The maximum absolute atomic E-state index is 9.96. The minimum atomic E-state index is -0.494. The molecule has 0 bridgehead atoms. The number of hydrogen-bond acceptors (Lipinski definition) is 3. The van der Waals surface area contributed by atoms with E-state index in [9.17, 15) is 5.11 Å². The first-order valence-corrected chi connectivity index (χ1v) is 5.15. The Hall–Kier alpha value is -0.900. The smallest absolute Gasteiger partial charge is 0.0827 e. The van der Waals surface area contributed by atoms with E-state index in [1.54, 1.807) is 7.11 Å². The zero-order chi connectivity index (χ0) is 11.3. The molecule has 0 fully saturated rings.